The van der Waals surface area contributed by atoms with Gasteiger partial charge in [-0.1, -0.05) is 19.1 Å². The van der Waals surface area contributed by atoms with E-state index >= 15 is 0 Å². The quantitative estimate of drug-likeness (QED) is 0.567. The van der Waals surface area contributed by atoms with Crippen LogP contribution in [-0.2, 0) is 14.3 Å². The van der Waals surface area contributed by atoms with E-state index in [-0.39, 0.29) is 35.9 Å². The lowest BCUT2D eigenvalue weighted by Gasteiger charge is -2.37. The largest absolute Gasteiger partial charge is 0.444 e. The van der Waals surface area contributed by atoms with E-state index in [2.05, 4.69) is 40.0 Å². The Morgan fingerprint density at radius 2 is 1.81 bits per heavy atom. The summed E-state index contributed by atoms with van der Waals surface area (Å²) in [4.78, 5) is 44.1. The van der Waals surface area contributed by atoms with Gasteiger partial charge in [0.15, 0.2) is 5.84 Å². The Morgan fingerprint density at radius 3 is 2.47 bits per heavy atom. The predicted molar refractivity (Wildman–Crippen MR) is 122 cm³/mol. The fraction of sp³-hybridized carbons (Fsp3) is 0.739. The molecule has 3 amide bonds. The number of carbonyl (C=O) groups excluding carboxylic acids is 3. The lowest BCUT2D eigenvalue weighted by atomic mass is 9.81. The first-order chi connectivity index (χ1) is 14.9. The molecule has 3 unspecified atom stereocenters. The van der Waals surface area contributed by atoms with Gasteiger partial charge in [-0.3, -0.25) is 14.6 Å². The summed E-state index contributed by atoms with van der Waals surface area (Å²) >= 11 is 0. The van der Waals surface area contributed by atoms with Crippen LogP contribution in [0.4, 0.5) is 4.79 Å². The third-order valence-corrected chi connectivity index (χ3v) is 6.15. The van der Waals surface area contributed by atoms with Gasteiger partial charge in [0, 0.05) is 26.1 Å². The Bertz CT molecular complexity index is 801. The lowest BCUT2D eigenvalue weighted by Crippen LogP contribution is -2.58. The molecule has 1 heterocycles. The van der Waals surface area contributed by atoms with Crippen molar-refractivity contribution in [3.8, 4) is 0 Å². The van der Waals surface area contributed by atoms with Gasteiger partial charge < -0.3 is 25.6 Å². The fourth-order valence-corrected chi connectivity index (χ4v) is 4.61. The fourth-order valence-electron chi connectivity index (χ4n) is 4.61. The van der Waals surface area contributed by atoms with E-state index in [1.54, 1.807) is 39.8 Å². The number of amides is 3. The topological polar surface area (TPSA) is 112 Å². The molecule has 9 heteroatoms. The number of nitrogens with one attached hydrogen (secondary N) is 3. The smallest absolute Gasteiger partial charge is 0.407 e. The maximum absolute atomic E-state index is 13.0. The van der Waals surface area contributed by atoms with Crippen LogP contribution in [0.1, 0.15) is 53.4 Å². The summed E-state index contributed by atoms with van der Waals surface area (Å²) in [6.07, 6.45) is 6.22. The SMILES string of the molecule is CC1C=CC2N=C(C(=O)N[C@H]3CC[C@H](C(=O)N(C)C)C[C@H]3NC(=O)OC(C)(C)C)NC2C1. The Hall–Kier alpha value is -2.58. The zero-order valence-corrected chi connectivity index (χ0v) is 20.0. The highest BCUT2D eigenvalue weighted by Crippen LogP contribution is 2.27. The predicted octanol–water partition coefficient (Wildman–Crippen LogP) is 1.59. The van der Waals surface area contributed by atoms with E-state index in [0.29, 0.717) is 31.0 Å². The van der Waals surface area contributed by atoms with E-state index in [1.165, 1.54) is 0 Å². The highest BCUT2D eigenvalue weighted by atomic mass is 16.6. The van der Waals surface area contributed by atoms with Gasteiger partial charge in [0.2, 0.25) is 5.91 Å². The van der Waals surface area contributed by atoms with Gasteiger partial charge in [0.25, 0.3) is 5.91 Å². The van der Waals surface area contributed by atoms with Gasteiger partial charge in [-0.2, -0.15) is 0 Å². The minimum absolute atomic E-state index is 0.0175. The molecule has 1 fully saturated rings. The number of nitrogens with zero attached hydrogens (tertiary/aromatic N) is 2. The van der Waals surface area contributed by atoms with Crippen LogP contribution in [-0.4, -0.2) is 72.5 Å². The molecule has 9 nitrogen and oxygen atoms in total. The van der Waals surface area contributed by atoms with Crippen molar-refractivity contribution < 1.29 is 19.1 Å². The van der Waals surface area contributed by atoms with Crippen molar-refractivity contribution in [2.75, 3.05) is 14.1 Å². The molecular formula is C23H37N5O4. The van der Waals surface area contributed by atoms with E-state index in [9.17, 15) is 14.4 Å². The second-order valence-electron chi connectivity index (χ2n) is 10.4. The van der Waals surface area contributed by atoms with Gasteiger partial charge in [-0.05, 0) is 52.4 Å². The van der Waals surface area contributed by atoms with Crippen LogP contribution < -0.4 is 16.0 Å². The molecule has 0 aromatic heterocycles. The second kappa shape index (κ2) is 9.50. The van der Waals surface area contributed by atoms with Crippen LogP contribution in [0.2, 0.25) is 0 Å². The monoisotopic (exact) mass is 447 g/mol. The number of ether oxygens (including phenoxy) is 1. The average Bonchev–Trinajstić information content (AvgIpc) is 3.10. The highest BCUT2D eigenvalue weighted by molar-refractivity contribution is 6.38. The molecule has 1 aliphatic heterocycles. The van der Waals surface area contributed by atoms with E-state index in [1.807, 2.05) is 0 Å². The van der Waals surface area contributed by atoms with Crippen LogP contribution in [0.5, 0.6) is 0 Å². The molecule has 0 aromatic carbocycles. The first kappa shape index (κ1) is 24.1. The number of rotatable bonds is 4. The van der Waals surface area contributed by atoms with Crippen LogP contribution in [0, 0.1) is 11.8 Å². The first-order valence-corrected chi connectivity index (χ1v) is 11.5. The number of aliphatic imine (C=N–C) groups is 1. The van der Waals surface area contributed by atoms with Gasteiger partial charge in [0.05, 0.1) is 18.1 Å². The van der Waals surface area contributed by atoms with Crippen molar-refractivity contribution in [3.05, 3.63) is 12.2 Å². The van der Waals surface area contributed by atoms with Crippen molar-refractivity contribution in [2.24, 2.45) is 16.8 Å². The van der Waals surface area contributed by atoms with Crippen LogP contribution in [0.3, 0.4) is 0 Å². The Balaban J connectivity index is 1.67. The second-order valence-corrected chi connectivity index (χ2v) is 10.4. The number of amidine groups is 1. The minimum atomic E-state index is -0.639. The van der Waals surface area contributed by atoms with E-state index in [0.717, 1.165) is 6.42 Å². The summed E-state index contributed by atoms with van der Waals surface area (Å²) in [7, 11) is 3.45. The third kappa shape index (κ3) is 6.01. The average molecular weight is 448 g/mol. The third-order valence-electron chi connectivity index (χ3n) is 6.15. The molecule has 3 N–H and O–H groups in total. The summed E-state index contributed by atoms with van der Waals surface area (Å²) in [6.45, 7) is 7.53. The first-order valence-electron chi connectivity index (χ1n) is 11.5. The number of alkyl carbamates (subject to hydrolysis) is 1. The Kier molecular flexibility index (Phi) is 7.15. The van der Waals surface area contributed by atoms with Crippen molar-refractivity contribution in [2.45, 2.75) is 83.1 Å². The van der Waals surface area contributed by atoms with Crippen molar-refractivity contribution in [1.82, 2.24) is 20.9 Å². The molecule has 1 saturated carbocycles. The van der Waals surface area contributed by atoms with Crippen LogP contribution in [0.15, 0.2) is 17.1 Å². The molecule has 0 spiro atoms. The van der Waals surface area contributed by atoms with Crippen LogP contribution >= 0.6 is 0 Å². The summed E-state index contributed by atoms with van der Waals surface area (Å²) in [5.41, 5.74) is -0.639. The van der Waals surface area contributed by atoms with Gasteiger partial charge >= 0.3 is 6.09 Å². The maximum atomic E-state index is 13.0. The minimum Gasteiger partial charge on any atom is -0.444 e. The van der Waals surface area contributed by atoms with Crippen molar-refractivity contribution in [1.29, 1.82) is 0 Å². The number of carbonyl (C=O) groups is 3. The number of hydrogen-bond donors (Lipinski definition) is 3. The Labute approximate surface area is 190 Å². The van der Waals surface area contributed by atoms with E-state index < -0.39 is 17.7 Å². The summed E-state index contributed by atoms with van der Waals surface area (Å²) in [6, 6.07) is -0.612. The van der Waals surface area contributed by atoms with Gasteiger partial charge in [-0.25, -0.2) is 4.79 Å². The molecule has 2 aliphatic carbocycles. The standard InChI is InChI=1S/C23H37N5O4/c1-13-7-9-15-17(11-13)25-19(24-15)20(29)26-16-10-8-14(21(30)28(5)6)12-18(16)27-22(31)32-23(2,3)4/h7,9,13-18H,8,10-12H2,1-6H3,(H,24,25)(H,26,29)(H,27,31)/t13?,14-,15?,16-,17?,18+/m0/s1. The zero-order chi connectivity index (χ0) is 23.6. The van der Waals surface area contributed by atoms with Gasteiger partial charge in [0.1, 0.15) is 5.60 Å². The molecule has 0 saturated heterocycles. The Morgan fingerprint density at radius 1 is 1.09 bits per heavy atom. The highest BCUT2D eigenvalue weighted by Gasteiger charge is 2.39. The maximum Gasteiger partial charge on any atom is 0.407 e. The molecule has 0 aromatic rings. The summed E-state index contributed by atoms with van der Waals surface area (Å²) in [5, 5.41) is 9.18. The van der Waals surface area contributed by atoms with E-state index in [4.69, 9.17) is 4.74 Å². The van der Waals surface area contributed by atoms with Gasteiger partial charge in [-0.15, -0.1) is 0 Å². The summed E-state index contributed by atoms with van der Waals surface area (Å²) in [5.74, 6) is 0.320. The molecule has 32 heavy (non-hydrogen) atoms. The normalized spacial score (nSPS) is 31.6. The number of allylic oxidation sites excluding steroid dienone is 1. The molecule has 0 bridgehead atoms. The zero-order valence-electron chi connectivity index (χ0n) is 20.0. The molecular weight excluding hydrogens is 410 g/mol. The van der Waals surface area contributed by atoms with Crippen LogP contribution in [0.25, 0.3) is 0 Å². The lowest BCUT2D eigenvalue weighted by molar-refractivity contribution is -0.134. The van der Waals surface area contributed by atoms with Crippen molar-refractivity contribution >= 4 is 23.7 Å². The number of hydrogen-bond acceptors (Lipinski definition) is 6. The molecule has 6 atom stereocenters. The summed E-state index contributed by atoms with van der Waals surface area (Å²) < 4.78 is 5.41. The number of fused-ring (bicyclic) bond motifs is 1. The molecule has 0 radical (unpaired) electrons. The molecule has 178 valence electrons. The molecule has 3 aliphatic rings. The van der Waals surface area contributed by atoms with Crippen molar-refractivity contribution in [3.63, 3.8) is 0 Å². The molecule has 3 rings (SSSR count).